The second-order valence-electron chi connectivity index (χ2n) is 5.23. The van der Waals surface area contributed by atoms with Gasteiger partial charge < -0.3 is 9.72 Å². The Kier molecular flexibility index (Phi) is 5.22. The zero-order valence-corrected chi connectivity index (χ0v) is 12.4. The number of rotatable bonds is 7. The molecular formula is C17H23NO2. The summed E-state index contributed by atoms with van der Waals surface area (Å²) in [5.41, 5.74) is 1.99. The maximum absolute atomic E-state index is 12.1. The minimum Gasteiger partial charge on any atom is -0.497 e. The minimum absolute atomic E-state index is 0.0706. The number of unbranched alkanes of at least 4 members (excludes halogenated alkanes) is 4. The van der Waals surface area contributed by atoms with Crippen LogP contribution in [0.5, 0.6) is 5.75 Å². The fourth-order valence-electron chi connectivity index (χ4n) is 2.46. The summed E-state index contributed by atoms with van der Waals surface area (Å²) in [4.78, 5) is 15.5. The van der Waals surface area contributed by atoms with Gasteiger partial charge in [0.25, 0.3) is 0 Å². The smallest absolute Gasteiger partial charge is 0.189 e. The van der Waals surface area contributed by atoms with E-state index in [9.17, 15) is 4.79 Å². The van der Waals surface area contributed by atoms with E-state index in [1.54, 1.807) is 19.2 Å². The number of benzene rings is 1. The maximum atomic E-state index is 12.1. The Morgan fingerprint density at radius 2 is 1.90 bits per heavy atom. The van der Waals surface area contributed by atoms with Crippen molar-refractivity contribution in [2.75, 3.05) is 7.11 Å². The molecule has 0 radical (unpaired) electrons. The molecular weight excluding hydrogens is 250 g/mol. The Morgan fingerprint density at radius 1 is 1.10 bits per heavy atom. The molecule has 1 heterocycles. The quantitative estimate of drug-likeness (QED) is 0.773. The van der Waals surface area contributed by atoms with Gasteiger partial charge in [0.2, 0.25) is 0 Å². The molecule has 3 nitrogen and oxygen atoms in total. The molecule has 108 valence electrons. The number of aromatic amines is 1. The topological polar surface area (TPSA) is 42.1 Å². The van der Waals surface area contributed by atoms with Crippen LogP contribution in [-0.2, 0) is 6.42 Å². The molecule has 0 saturated carbocycles. The number of hydrogen-bond donors (Lipinski definition) is 1. The van der Waals surface area contributed by atoms with Crippen LogP contribution in [0.1, 0.15) is 44.7 Å². The van der Waals surface area contributed by atoms with Crippen molar-refractivity contribution < 1.29 is 4.74 Å². The van der Waals surface area contributed by atoms with Gasteiger partial charge in [-0.3, -0.25) is 4.79 Å². The van der Waals surface area contributed by atoms with E-state index >= 15 is 0 Å². The fraction of sp³-hybridized carbons (Fsp3) is 0.471. The Bertz CT molecular complexity index is 616. The second kappa shape index (κ2) is 7.13. The SMILES string of the molecule is CCCCCCCc1cc(=O)c2cc(OC)ccc2[nH]1. The average Bonchev–Trinajstić information content (AvgIpc) is 2.47. The lowest BCUT2D eigenvalue weighted by Crippen LogP contribution is -2.05. The van der Waals surface area contributed by atoms with Gasteiger partial charge in [-0.25, -0.2) is 0 Å². The standard InChI is InChI=1S/C17H23NO2/c1-3-4-5-6-7-8-13-11-17(19)15-12-14(20-2)9-10-16(15)18-13/h9-12H,3-8H2,1-2H3,(H,18,19). The van der Waals surface area contributed by atoms with Crippen LogP contribution >= 0.6 is 0 Å². The van der Waals surface area contributed by atoms with Crippen molar-refractivity contribution in [3.05, 3.63) is 40.2 Å². The summed E-state index contributed by atoms with van der Waals surface area (Å²) in [5.74, 6) is 0.718. The van der Waals surface area contributed by atoms with Gasteiger partial charge in [0.05, 0.1) is 7.11 Å². The van der Waals surface area contributed by atoms with E-state index in [1.165, 1.54) is 25.7 Å². The predicted molar refractivity (Wildman–Crippen MR) is 83.6 cm³/mol. The highest BCUT2D eigenvalue weighted by Crippen LogP contribution is 2.17. The molecule has 0 atom stereocenters. The summed E-state index contributed by atoms with van der Waals surface area (Å²) >= 11 is 0. The van der Waals surface area contributed by atoms with Gasteiger partial charge in [0, 0.05) is 22.7 Å². The third-order valence-corrected chi connectivity index (χ3v) is 3.64. The van der Waals surface area contributed by atoms with Crippen molar-refractivity contribution >= 4 is 10.9 Å². The molecule has 0 fully saturated rings. The van der Waals surface area contributed by atoms with Crippen molar-refractivity contribution in [3.8, 4) is 5.75 Å². The van der Waals surface area contributed by atoms with Crippen LogP contribution in [-0.4, -0.2) is 12.1 Å². The lowest BCUT2D eigenvalue weighted by Gasteiger charge is -2.06. The molecule has 0 amide bonds. The number of H-pyrrole nitrogens is 1. The predicted octanol–water partition coefficient (Wildman–Crippen LogP) is 4.05. The molecule has 20 heavy (non-hydrogen) atoms. The molecule has 0 saturated heterocycles. The number of ether oxygens (including phenoxy) is 1. The summed E-state index contributed by atoms with van der Waals surface area (Å²) in [7, 11) is 1.61. The van der Waals surface area contributed by atoms with Gasteiger partial charge in [0.15, 0.2) is 5.43 Å². The van der Waals surface area contributed by atoms with Gasteiger partial charge in [-0.1, -0.05) is 32.6 Å². The van der Waals surface area contributed by atoms with Crippen LogP contribution in [0.2, 0.25) is 0 Å². The highest BCUT2D eigenvalue weighted by atomic mass is 16.5. The number of nitrogens with one attached hydrogen (secondary N) is 1. The van der Waals surface area contributed by atoms with E-state index in [0.717, 1.165) is 29.8 Å². The number of methoxy groups -OCH3 is 1. The van der Waals surface area contributed by atoms with Crippen molar-refractivity contribution in [3.63, 3.8) is 0 Å². The van der Waals surface area contributed by atoms with E-state index in [2.05, 4.69) is 11.9 Å². The first kappa shape index (κ1) is 14.6. The van der Waals surface area contributed by atoms with Gasteiger partial charge in [-0.15, -0.1) is 0 Å². The first-order valence-electron chi connectivity index (χ1n) is 7.44. The van der Waals surface area contributed by atoms with Crippen molar-refractivity contribution in [2.45, 2.75) is 45.4 Å². The van der Waals surface area contributed by atoms with Gasteiger partial charge in [-0.05, 0) is 31.0 Å². The van der Waals surface area contributed by atoms with Crippen molar-refractivity contribution in [1.82, 2.24) is 4.98 Å². The molecule has 2 rings (SSSR count). The number of aryl methyl sites for hydroxylation is 1. The monoisotopic (exact) mass is 273 g/mol. The number of hydrogen-bond acceptors (Lipinski definition) is 2. The molecule has 0 unspecified atom stereocenters. The molecule has 3 heteroatoms. The molecule has 0 spiro atoms. The van der Waals surface area contributed by atoms with Crippen LogP contribution in [0.25, 0.3) is 10.9 Å². The van der Waals surface area contributed by atoms with E-state index in [-0.39, 0.29) is 5.43 Å². The molecule has 0 aliphatic carbocycles. The van der Waals surface area contributed by atoms with Crippen molar-refractivity contribution in [1.29, 1.82) is 0 Å². The maximum Gasteiger partial charge on any atom is 0.189 e. The first-order chi connectivity index (χ1) is 9.74. The van der Waals surface area contributed by atoms with Crippen LogP contribution in [0.15, 0.2) is 29.1 Å². The van der Waals surface area contributed by atoms with Crippen LogP contribution < -0.4 is 10.2 Å². The Hall–Kier alpha value is -1.77. The minimum atomic E-state index is 0.0706. The summed E-state index contributed by atoms with van der Waals surface area (Å²) in [6.45, 7) is 2.22. The molecule has 2 aromatic rings. The molecule has 0 aliphatic rings. The largest absolute Gasteiger partial charge is 0.497 e. The van der Waals surface area contributed by atoms with Crippen LogP contribution in [0, 0.1) is 0 Å². The van der Waals surface area contributed by atoms with E-state index in [1.807, 2.05) is 12.1 Å². The highest BCUT2D eigenvalue weighted by molar-refractivity contribution is 5.80. The molecule has 1 aromatic heterocycles. The third-order valence-electron chi connectivity index (χ3n) is 3.64. The Morgan fingerprint density at radius 3 is 2.65 bits per heavy atom. The lowest BCUT2D eigenvalue weighted by molar-refractivity contribution is 0.415. The molecule has 0 aliphatic heterocycles. The number of aromatic nitrogens is 1. The average molecular weight is 273 g/mol. The fourth-order valence-corrected chi connectivity index (χ4v) is 2.46. The van der Waals surface area contributed by atoms with Gasteiger partial charge in [0.1, 0.15) is 5.75 Å². The van der Waals surface area contributed by atoms with Gasteiger partial charge in [-0.2, -0.15) is 0 Å². The summed E-state index contributed by atoms with van der Waals surface area (Å²) < 4.78 is 5.16. The summed E-state index contributed by atoms with van der Waals surface area (Å²) in [5, 5.41) is 0.694. The van der Waals surface area contributed by atoms with Gasteiger partial charge >= 0.3 is 0 Å². The molecule has 0 bridgehead atoms. The zero-order chi connectivity index (χ0) is 14.4. The lowest BCUT2D eigenvalue weighted by atomic mass is 10.1. The normalized spacial score (nSPS) is 10.9. The second-order valence-corrected chi connectivity index (χ2v) is 5.23. The van der Waals surface area contributed by atoms with Crippen LogP contribution in [0.3, 0.4) is 0 Å². The van der Waals surface area contributed by atoms with Crippen molar-refractivity contribution in [2.24, 2.45) is 0 Å². The first-order valence-corrected chi connectivity index (χ1v) is 7.44. The summed E-state index contributed by atoms with van der Waals surface area (Å²) in [6, 6.07) is 7.31. The molecule has 1 N–H and O–H groups in total. The number of fused-ring (bicyclic) bond motifs is 1. The summed E-state index contributed by atoms with van der Waals surface area (Å²) in [6.07, 6.45) is 7.16. The van der Waals surface area contributed by atoms with E-state index < -0.39 is 0 Å². The zero-order valence-electron chi connectivity index (χ0n) is 12.4. The number of pyridine rings is 1. The Balaban J connectivity index is 2.10. The highest BCUT2D eigenvalue weighted by Gasteiger charge is 2.04. The third kappa shape index (κ3) is 3.62. The van der Waals surface area contributed by atoms with Crippen LogP contribution in [0.4, 0.5) is 0 Å². The Labute approximate surface area is 120 Å². The molecule has 1 aromatic carbocycles. The van der Waals surface area contributed by atoms with E-state index in [4.69, 9.17) is 4.74 Å². The van der Waals surface area contributed by atoms with E-state index in [0.29, 0.717) is 5.39 Å².